The summed E-state index contributed by atoms with van der Waals surface area (Å²) in [5, 5.41) is 3.99. The third kappa shape index (κ3) is 2.77. The van der Waals surface area contributed by atoms with Crippen LogP contribution in [0.5, 0.6) is 5.75 Å². The number of nitrogens with zero attached hydrogens (tertiary/aromatic N) is 3. The largest absolute Gasteiger partial charge is 0.485 e. The van der Waals surface area contributed by atoms with Crippen molar-refractivity contribution < 1.29 is 4.74 Å². The Labute approximate surface area is 105 Å². The predicted molar refractivity (Wildman–Crippen MR) is 66.1 cm³/mol. The standard InChI is InChI=1S/C12H14ClN3O/c1-9-3-4-11(10(5-9)6-13)17-7-12-14-8-15-16(12)2/h3-5,8H,6-7H2,1-2H3. The van der Waals surface area contributed by atoms with Crippen molar-refractivity contribution in [2.75, 3.05) is 0 Å². The van der Waals surface area contributed by atoms with E-state index in [1.807, 2.05) is 32.2 Å². The van der Waals surface area contributed by atoms with Gasteiger partial charge in [-0.1, -0.05) is 17.7 Å². The Morgan fingerprint density at radius 1 is 1.41 bits per heavy atom. The Bertz CT molecular complexity index is 510. The van der Waals surface area contributed by atoms with E-state index >= 15 is 0 Å². The lowest BCUT2D eigenvalue weighted by Crippen LogP contribution is -2.05. The summed E-state index contributed by atoms with van der Waals surface area (Å²) >= 11 is 5.88. The van der Waals surface area contributed by atoms with Gasteiger partial charge in [0.2, 0.25) is 0 Å². The number of alkyl halides is 1. The van der Waals surface area contributed by atoms with Gasteiger partial charge in [-0.05, 0) is 13.0 Å². The number of hydrogen-bond acceptors (Lipinski definition) is 3. The molecule has 0 amide bonds. The van der Waals surface area contributed by atoms with Crippen molar-refractivity contribution in [3.05, 3.63) is 41.5 Å². The van der Waals surface area contributed by atoms with Crippen LogP contribution in [0.4, 0.5) is 0 Å². The van der Waals surface area contributed by atoms with E-state index in [0.717, 1.165) is 17.1 Å². The quantitative estimate of drug-likeness (QED) is 0.784. The predicted octanol–water partition coefficient (Wildman–Crippen LogP) is 2.44. The maximum Gasteiger partial charge on any atom is 0.164 e. The van der Waals surface area contributed by atoms with Crippen molar-refractivity contribution in [1.82, 2.24) is 14.8 Å². The zero-order valence-corrected chi connectivity index (χ0v) is 10.6. The van der Waals surface area contributed by atoms with Crippen molar-refractivity contribution in [2.45, 2.75) is 19.4 Å². The molecule has 0 spiro atoms. The molecule has 0 saturated heterocycles. The first kappa shape index (κ1) is 11.9. The molecule has 5 heteroatoms. The minimum Gasteiger partial charge on any atom is -0.485 e. The van der Waals surface area contributed by atoms with Gasteiger partial charge in [0.1, 0.15) is 18.7 Å². The maximum absolute atomic E-state index is 5.88. The summed E-state index contributed by atoms with van der Waals surface area (Å²) < 4.78 is 7.39. The molecule has 0 N–H and O–H groups in total. The molecular formula is C12H14ClN3O. The molecule has 4 nitrogen and oxygen atoms in total. The van der Waals surface area contributed by atoms with E-state index in [4.69, 9.17) is 16.3 Å². The third-order valence-electron chi connectivity index (χ3n) is 2.52. The average molecular weight is 252 g/mol. The Balaban J connectivity index is 2.11. The van der Waals surface area contributed by atoms with E-state index in [0.29, 0.717) is 12.5 Å². The van der Waals surface area contributed by atoms with Crippen molar-refractivity contribution in [1.29, 1.82) is 0 Å². The molecule has 1 aromatic carbocycles. The minimum atomic E-state index is 0.392. The van der Waals surface area contributed by atoms with Gasteiger partial charge in [0.15, 0.2) is 5.82 Å². The zero-order chi connectivity index (χ0) is 12.3. The van der Waals surface area contributed by atoms with Crippen molar-refractivity contribution in [3.63, 3.8) is 0 Å². The number of ether oxygens (including phenoxy) is 1. The third-order valence-corrected chi connectivity index (χ3v) is 2.81. The van der Waals surface area contributed by atoms with Gasteiger partial charge in [-0.3, -0.25) is 4.68 Å². The number of aromatic nitrogens is 3. The van der Waals surface area contributed by atoms with E-state index in [1.165, 1.54) is 11.9 Å². The summed E-state index contributed by atoms with van der Waals surface area (Å²) in [5.74, 6) is 2.02. The van der Waals surface area contributed by atoms with Crippen molar-refractivity contribution in [2.24, 2.45) is 7.05 Å². The van der Waals surface area contributed by atoms with Gasteiger partial charge in [0, 0.05) is 12.6 Å². The lowest BCUT2D eigenvalue weighted by molar-refractivity contribution is 0.287. The van der Waals surface area contributed by atoms with Crippen LogP contribution in [0.1, 0.15) is 17.0 Å². The first-order valence-corrected chi connectivity index (χ1v) is 5.85. The normalized spacial score (nSPS) is 10.5. The summed E-state index contributed by atoms with van der Waals surface area (Å²) in [4.78, 5) is 4.10. The molecular weight excluding hydrogens is 238 g/mol. The molecule has 17 heavy (non-hydrogen) atoms. The summed E-state index contributed by atoms with van der Waals surface area (Å²) in [6, 6.07) is 5.96. The van der Waals surface area contributed by atoms with Crippen LogP contribution in [0.2, 0.25) is 0 Å². The second-order valence-electron chi connectivity index (χ2n) is 3.83. The molecule has 0 unspecified atom stereocenters. The molecule has 1 aromatic heterocycles. The molecule has 0 bridgehead atoms. The van der Waals surface area contributed by atoms with Gasteiger partial charge >= 0.3 is 0 Å². The Hall–Kier alpha value is -1.55. The SMILES string of the molecule is Cc1ccc(OCc2ncnn2C)c(CCl)c1. The second-order valence-corrected chi connectivity index (χ2v) is 4.10. The van der Waals surface area contributed by atoms with Crippen LogP contribution in [-0.2, 0) is 19.5 Å². The Morgan fingerprint density at radius 2 is 2.24 bits per heavy atom. The lowest BCUT2D eigenvalue weighted by Gasteiger charge is -2.10. The smallest absolute Gasteiger partial charge is 0.164 e. The molecule has 90 valence electrons. The summed E-state index contributed by atoms with van der Waals surface area (Å²) in [7, 11) is 1.84. The first-order valence-electron chi connectivity index (χ1n) is 5.32. The van der Waals surface area contributed by atoms with Gasteiger partial charge in [-0.2, -0.15) is 5.10 Å². The number of hydrogen-bond donors (Lipinski definition) is 0. The summed E-state index contributed by atoms with van der Waals surface area (Å²) in [6.45, 7) is 2.42. The molecule has 0 atom stereocenters. The molecule has 0 fully saturated rings. The zero-order valence-electron chi connectivity index (χ0n) is 9.85. The van der Waals surface area contributed by atoms with Gasteiger partial charge in [0.05, 0.1) is 5.88 Å². The molecule has 0 aliphatic rings. The van der Waals surface area contributed by atoms with E-state index in [1.54, 1.807) is 4.68 Å². The molecule has 0 aliphatic carbocycles. The van der Waals surface area contributed by atoms with E-state index in [9.17, 15) is 0 Å². The molecule has 0 aliphatic heterocycles. The summed E-state index contributed by atoms with van der Waals surface area (Å²) in [5.41, 5.74) is 2.17. The number of aryl methyl sites for hydroxylation is 2. The van der Waals surface area contributed by atoms with Gasteiger partial charge in [-0.25, -0.2) is 4.98 Å². The first-order chi connectivity index (χ1) is 8.20. The van der Waals surface area contributed by atoms with Gasteiger partial charge in [0.25, 0.3) is 0 Å². The lowest BCUT2D eigenvalue weighted by atomic mass is 10.1. The van der Waals surface area contributed by atoms with Crippen LogP contribution >= 0.6 is 11.6 Å². The topological polar surface area (TPSA) is 39.9 Å². The fraction of sp³-hybridized carbons (Fsp3) is 0.333. The highest BCUT2D eigenvalue weighted by Crippen LogP contribution is 2.22. The summed E-state index contributed by atoms with van der Waals surface area (Å²) in [6.07, 6.45) is 1.51. The molecule has 2 rings (SSSR count). The van der Waals surface area contributed by atoms with E-state index in [-0.39, 0.29) is 0 Å². The number of benzene rings is 1. The van der Waals surface area contributed by atoms with E-state index in [2.05, 4.69) is 10.1 Å². The highest BCUT2D eigenvalue weighted by atomic mass is 35.5. The minimum absolute atomic E-state index is 0.392. The maximum atomic E-state index is 5.88. The number of halogens is 1. The monoisotopic (exact) mass is 251 g/mol. The fourth-order valence-electron chi connectivity index (χ4n) is 1.55. The van der Waals surface area contributed by atoms with Crippen molar-refractivity contribution in [3.8, 4) is 5.75 Å². The van der Waals surface area contributed by atoms with Crippen LogP contribution in [0, 0.1) is 6.92 Å². The molecule has 2 aromatic rings. The fourth-order valence-corrected chi connectivity index (χ4v) is 1.76. The number of rotatable bonds is 4. The second kappa shape index (κ2) is 5.19. The Morgan fingerprint density at radius 3 is 2.88 bits per heavy atom. The van der Waals surface area contributed by atoms with Crippen LogP contribution in [0.15, 0.2) is 24.5 Å². The molecule has 0 radical (unpaired) electrons. The van der Waals surface area contributed by atoms with Crippen LogP contribution in [0.25, 0.3) is 0 Å². The van der Waals surface area contributed by atoms with Crippen LogP contribution in [0.3, 0.4) is 0 Å². The Kier molecular flexibility index (Phi) is 3.64. The molecule has 1 heterocycles. The molecule has 0 saturated carbocycles. The van der Waals surface area contributed by atoms with E-state index < -0.39 is 0 Å². The van der Waals surface area contributed by atoms with Gasteiger partial charge in [-0.15, -0.1) is 11.6 Å². The highest BCUT2D eigenvalue weighted by molar-refractivity contribution is 6.17. The average Bonchev–Trinajstić information content (AvgIpc) is 2.73. The van der Waals surface area contributed by atoms with Gasteiger partial charge < -0.3 is 4.74 Å². The van der Waals surface area contributed by atoms with Crippen LogP contribution < -0.4 is 4.74 Å². The van der Waals surface area contributed by atoms with Crippen molar-refractivity contribution >= 4 is 11.6 Å². The van der Waals surface area contributed by atoms with Crippen LogP contribution in [-0.4, -0.2) is 14.8 Å². The highest BCUT2D eigenvalue weighted by Gasteiger charge is 2.06.